The molecule has 2 aromatic carbocycles. The van der Waals surface area contributed by atoms with E-state index in [4.69, 9.17) is 18.6 Å². The highest BCUT2D eigenvalue weighted by atomic mass is 16.5. The van der Waals surface area contributed by atoms with Crippen molar-refractivity contribution in [3.05, 3.63) is 64.5 Å². The van der Waals surface area contributed by atoms with Crippen LogP contribution >= 0.6 is 0 Å². The molecule has 0 unspecified atom stereocenters. The van der Waals surface area contributed by atoms with Crippen LogP contribution in [0.15, 0.2) is 57.7 Å². The molecule has 7 nitrogen and oxygen atoms in total. The average Bonchev–Trinajstić information content (AvgIpc) is 2.69. The Morgan fingerprint density at radius 2 is 1.89 bits per heavy atom. The van der Waals surface area contributed by atoms with Gasteiger partial charge < -0.3 is 23.9 Å². The molecule has 0 aliphatic heterocycles. The molecule has 1 amide bonds. The monoisotopic (exact) mass is 369 g/mol. The number of carbonyl (C=O) groups excluding carboxylic acids is 1. The van der Waals surface area contributed by atoms with Gasteiger partial charge in [0.05, 0.1) is 14.2 Å². The van der Waals surface area contributed by atoms with Crippen LogP contribution in [0.1, 0.15) is 5.56 Å². The Kier molecular flexibility index (Phi) is 5.61. The van der Waals surface area contributed by atoms with Crippen molar-refractivity contribution in [1.29, 1.82) is 0 Å². The smallest absolute Gasteiger partial charge is 0.336 e. The summed E-state index contributed by atoms with van der Waals surface area (Å²) in [6.07, 6.45) is 0. The van der Waals surface area contributed by atoms with Crippen LogP contribution in [0.2, 0.25) is 0 Å². The second-order valence-electron chi connectivity index (χ2n) is 5.67. The van der Waals surface area contributed by atoms with Gasteiger partial charge in [0.25, 0.3) is 5.91 Å². The van der Waals surface area contributed by atoms with Crippen molar-refractivity contribution < 1.29 is 23.4 Å². The minimum Gasteiger partial charge on any atom is -0.493 e. The molecule has 0 aliphatic rings. The summed E-state index contributed by atoms with van der Waals surface area (Å²) in [6, 6.07) is 13.5. The molecule has 3 rings (SSSR count). The highest BCUT2D eigenvalue weighted by molar-refractivity contribution is 5.79. The summed E-state index contributed by atoms with van der Waals surface area (Å²) in [5.74, 6) is 1.31. The van der Waals surface area contributed by atoms with Crippen molar-refractivity contribution in [2.75, 3.05) is 20.8 Å². The van der Waals surface area contributed by atoms with Crippen LogP contribution in [0, 0.1) is 0 Å². The molecular weight excluding hydrogens is 350 g/mol. The van der Waals surface area contributed by atoms with Crippen molar-refractivity contribution in [3.8, 4) is 17.2 Å². The Morgan fingerprint density at radius 1 is 1.07 bits per heavy atom. The third-order valence-corrected chi connectivity index (χ3v) is 3.92. The second-order valence-corrected chi connectivity index (χ2v) is 5.67. The number of nitrogens with one attached hydrogen (secondary N) is 1. The molecule has 0 spiro atoms. The van der Waals surface area contributed by atoms with Gasteiger partial charge in [0, 0.05) is 29.6 Å². The number of para-hydroxylation sites is 1. The van der Waals surface area contributed by atoms with Gasteiger partial charge in [0.15, 0.2) is 18.1 Å². The van der Waals surface area contributed by atoms with Crippen LogP contribution in [-0.2, 0) is 11.3 Å². The van der Waals surface area contributed by atoms with Gasteiger partial charge >= 0.3 is 5.63 Å². The highest BCUT2D eigenvalue weighted by Crippen LogP contribution is 2.30. The second kappa shape index (κ2) is 8.27. The lowest BCUT2D eigenvalue weighted by Gasteiger charge is -2.13. The van der Waals surface area contributed by atoms with Gasteiger partial charge in [-0.15, -0.1) is 0 Å². The molecule has 1 heterocycles. The number of amides is 1. The summed E-state index contributed by atoms with van der Waals surface area (Å²) in [4.78, 5) is 23.4. The van der Waals surface area contributed by atoms with E-state index in [1.165, 1.54) is 6.07 Å². The van der Waals surface area contributed by atoms with E-state index in [0.717, 1.165) is 10.9 Å². The fourth-order valence-corrected chi connectivity index (χ4v) is 2.62. The van der Waals surface area contributed by atoms with Crippen LogP contribution in [0.3, 0.4) is 0 Å². The van der Waals surface area contributed by atoms with Crippen molar-refractivity contribution >= 4 is 16.9 Å². The number of methoxy groups -OCH3 is 2. The van der Waals surface area contributed by atoms with Gasteiger partial charge in [0.1, 0.15) is 11.3 Å². The molecule has 7 heteroatoms. The molecule has 0 saturated carbocycles. The number of benzene rings is 2. The van der Waals surface area contributed by atoms with E-state index < -0.39 is 5.63 Å². The van der Waals surface area contributed by atoms with Gasteiger partial charge in [-0.3, -0.25) is 4.79 Å². The van der Waals surface area contributed by atoms with Crippen LogP contribution in [0.4, 0.5) is 0 Å². The summed E-state index contributed by atoms with van der Waals surface area (Å²) in [5.41, 5.74) is 0.754. The zero-order valence-corrected chi connectivity index (χ0v) is 15.0. The summed E-state index contributed by atoms with van der Waals surface area (Å²) in [7, 11) is 3.10. The van der Waals surface area contributed by atoms with Gasteiger partial charge in [-0.1, -0.05) is 12.1 Å². The quantitative estimate of drug-likeness (QED) is 0.644. The van der Waals surface area contributed by atoms with E-state index in [0.29, 0.717) is 22.8 Å². The summed E-state index contributed by atoms with van der Waals surface area (Å²) >= 11 is 0. The number of ether oxygens (including phenoxy) is 3. The lowest BCUT2D eigenvalue weighted by Crippen LogP contribution is -2.28. The maximum atomic E-state index is 12.1. The number of hydrogen-bond acceptors (Lipinski definition) is 6. The first-order valence-electron chi connectivity index (χ1n) is 8.24. The molecule has 0 radical (unpaired) electrons. The minimum absolute atomic E-state index is 0.172. The first-order chi connectivity index (χ1) is 13.1. The molecule has 0 bridgehead atoms. The predicted octanol–water partition coefficient (Wildman–Crippen LogP) is 2.51. The Bertz CT molecular complexity index is 1010. The molecular formula is C20H19NO6. The molecule has 0 fully saturated rings. The molecule has 27 heavy (non-hydrogen) atoms. The Labute approximate surface area is 155 Å². The maximum Gasteiger partial charge on any atom is 0.336 e. The fourth-order valence-electron chi connectivity index (χ4n) is 2.62. The number of hydrogen-bond donors (Lipinski definition) is 1. The van der Waals surface area contributed by atoms with E-state index in [1.54, 1.807) is 44.6 Å². The average molecular weight is 369 g/mol. The highest BCUT2D eigenvalue weighted by Gasteiger charge is 2.11. The Balaban J connectivity index is 1.60. The molecule has 140 valence electrons. The molecule has 1 N–H and O–H groups in total. The zero-order valence-electron chi connectivity index (χ0n) is 15.0. The first-order valence-corrected chi connectivity index (χ1v) is 8.24. The van der Waals surface area contributed by atoms with Crippen LogP contribution in [-0.4, -0.2) is 26.7 Å². The first kappa shape index (κ1) is 18.3. The maximum absolute atomic E-state index is 12.1. The van der Waals surface area contributed by atoms with Crippen LogP contribution in [0.25, 0.3) is 11.0 Å². The lowest BCUT2D eigenvalue weighted by atomic mass is 10.2. The van der Waals surface area contributed by atoms with Gasteiger partial charge in [-0.25, -0.2) is 4.79 Å². The molecule has 3 aromatic rings. The minimum atomic E-state index is -0.440. The van der Waals surface area contributed by atoms with Gasteiger partial charge in [-0.2, -0.15) is 0 Å². The summed E-state index contributed by atoms with van der Waals surface area (Å²) in [6.45, 7) is 0.101. The van der Waals surface area contributed by atoms with E-state index in [-0.39, 0.29) is 19.1 Å². The standard InChI is InChI=1S/C20H19NO6/c1-24-16-5-3-4-14(20(16)25-2)11-21-18(22)12-26-15-8-6-13-7-9-19(23)27-17(13)10-15/h3-10H,11-12H2,1-2H3,(H,21,22). The van der Waals surface area contributed by atoms with E-state index in [1.807, 2.05) is 12.1 Å². The fraction of sp³-hybridized carbons (Fsp3) is 0.200. The van der Waals surface area contributed by atoms with Crippen LogP contribution in [0.5, 0.6) is 17.2 Å². The van der Waals surface area contributed by atoms with Crippen molar-refractivity contribution in [2.45, 2.75) is 6.54 Å². The van der Waals surface area contributed by atoms with Gasteiger partial charge in [-0.05, 0) is 24.3 Å². The predicted molar refractivity (Wildman–Crippen MR) is 99.4 cm³/mol. The lowest BCUT2D eigenvalue weighted by molar-refractivity contribution is -0.123. The number of fused-ring (bicyclic) bond motifs is 1. The number of rotatable bonds is 7. The van der Waals surface area contributed by atoms with Crippen molar-refractivity contribution in [2.24, 2.45) is 0 Å². The van der Waals surface area contributed by atoms with Crippen LogP contribution < -0.4 is 25.2 Å². The molecule has 0 atom stereocenters. The molecule has 1 aromatic heterocycles. The number of carbonyl (C=O) groups is 1. The van der Waals surface area contributed by atoms with Crippen molar-refractivity contribution in [3.63, 3.8) is 0 Å². The summed E-state index contributed by atoms with van der Waals surface area (Å²) < 4.78 is 21.2. The SMILES string of the molecule is COc1cccc(CNC(=O)COc2ccc3ccc(=O)oc3c2)c1OC. The molecule has 0 aliphatic carbocycles. The topological polar surface area (TPSA) is 87.0 Å². The van der Waals surface area contributed by atoms with E-state index in [2.05, 4.69) is 5.32 Å². The Hall–Kier alpha value is -3.48. The third kappa shape index (κ3) is 4.38. The molecule has 0 saturated heterocycles. The van der Waals surface area contributed by atoms with Gasteiger partial charge in [0.2, 0.25) is 0 Å². The normalized spacial score (nSPS) is 10.4. The van der Waals surface area contributed by atoms with E-state index >= 15 is 0 Å². The summed E-state index contributed by atoms with van der Waals surface area (Å²) in [5, 5.41) is 3.54. The van der Waals surface area contributed by atoms with Crippen molar-refractivity contribution in [1.82, 2.24) is 5.32 Å². The largest absolute Gasteiger partial charge is 0.493 e. The third-order valence-electron chi connectivity index (χ3n) is 3.92. The van der Waals surface area contributed by atoms with E-state index in [9.17, 15) is 9.59 Å². The Morgan fingerprint density at radius 3 is 2.67 bits per heavy atom. The zero-order chi connectivity index (χ0) is 19.2.